The smallest absolute Gasteiger partial charge is 0.261 e. The van der Waals surface area contributed by atoms with Crippen molar-refractivity contribution in [3.8, 4) is 11.5 Å². The van der Waals surface area contributed by atoms with Crippen LogP contribution in [0.1, 0.15) is 32.3 Å². The third-order valence-electron chi connectivity index (χ3n) is 4.66. The molecule has 2 rings (SSSR count). The molecule has 7 heteroatoms. The van der Waals surface area contributed by atoms with Gasteiger partial charge in [0.15, 0.2) is 6.61 Å². The van der Waals surface area contributed by atoms with E-state index in [2.05, 4.69) is 12.2 Å². The summed E-state index contributed by atoms with van der Waals surface area (Å²) < 4.78 is 10.8. The number of rotatable bonds is 11. The number of nitrogens with zero attached hydrogens (tertiary/aromatic N) is 1. The quantitative estimate of drug-likeness (QED) is 0.544. The van der Waals surface area contributed by atoms with Gasteiger partial charge in [0.05, 0.1) is 7.11 Å². The standard InChI is InChI=1S/C23H29ClN2O4/c1-4-5-13-25-23(28)17(2)26(15-18-7-6-8-19(24)14-18)22(27)16-30-21-11-9-20(29-3)10-12-21/h6-12,14,17H,4-5,13,15-16H2,1-3H3,(H,25,28)/t17-/m0/s1. The summed E-state index contributed by atoms with van der Waals surface area (Å²) in [6.45, 7) is 4.44. The molecule has 0 saturated heterocycles. The lowest BCUT2D eigenvalue weighted by Gasteiger charge is -2.28. The number of halogens is 1. The van der Waals surface area contributed by atoms with Crippen LogP contribution >= 0.6 is 11.6 Å². The summed E-state index contributed by atoms with van der Waals surface area (Å²) in [6.07, 6.45) is 1.87. The van der Waals surface area contributed by atoms with Crippen LogP contribution in [-0.4, -0.2) is 43.0 Å². The first kappa shape index (κ1) is 23.5. The Hall–Kier alpha value is -2.73. The summed E-state index contributed by atoms with van der Waals surface area (Å²) in [5.41, 5.74) is 0.841. The number of carbonyl (C=O) groups is 2. The highest BCUT2D eigenvalue weighted by atomic mass is 35.5. The van der Waals surface area contributed by atoms with E-state index in [1.54, 1.807) is 50.4 Å². The minimum absolute atomic E-state index is 0.181. The van der Waals surface area contributed by atoms with Gasteiger partial charge in [-0.05, 0) is 55.3 Å². The second-order valence-electron chi connectivity index (χ2n) is 6.94. The van der Waals surface area contributed by atoms with Crippen molar-refractivity contribution >= 4 is 23.4 Å². The molecule has 0 aliphatic rings. The van der Waals surface area contributed by atoms with Crippen molar-refractivity contribution in [2.45, 2.75) is 39.3 Å². The van der Waals surface area contributed by atoms with E-state index in [1.807, 2.05) is 12.1 Å². The lowest BCUT2D eigenvalue weighted by Crippen LogP contribution is -2.49. The van der Waals surface area contributed by atoms with Gasteiger partial charge in [0.2, 0.25) is 5.91 Å². The van der Waals surface area contributed by atoms with Crippen LogP contribution in [0.3, 0.4) is 0 Å². The molecule has 0 heterocycles. The molecule has 162 valence electrons. The molecule has 6 nitrogen and oxygen atoms in total. The number of carbonyl (C=O) groups excluding carboxylic acids is 2. The van der Waals surface area contributed by atoms with Crippen molar-refractivity contribution in [3.63, 3.8) is 0 Å². The van der Waals surface area contributed by atoms with Crippen LogP contribution in [0, 0.1) is 0 Å². The Bertz CT molecular complexity index is 826. The summed E-state index contributed by atoms with van der Waals surface area (Å²) in [5, 5.41) is 3.47. The van der Waals surface area contributed by atoms with Crippen LogP contribution in [0.25, 0.3) is 0 Å². The SMILES string of the molecule is CCCCNC(=O)[C@H](C)N(Cc1cccc(Cl)c1)C(=O)COc1ccc(OC)cc1. The van der Waals surface area contributed by atoms with Crippen molar-refractivity contribution in [1.82, 2.24) is 10.2 Å². The van der Waals surface area contributed by atoms with Crippen molar-refractivity contribution < 1.29 is 19.1 Å². The molecule has 0 aliphatic carbocycles. The minimum atomic E-state index is -0.646. The van der Waals surface area contributed by atoms with Crippen molar-refractivity contribution in [2.75, 3.05) is 20.3 Å². The number of hydrogen-bond donors (Lipinski definition) is 1. The summed E-state index contributed by atoms with van der Waals surface area (Å²) >= 11 is 6.08. The average Bonchev–Trinajstić information content (AvgIpc) is 2.75. The second kappa shape index (κ2) is 12.1. The van der Waals surface area contributed by atoms with E-state index in [0.717, 1.165) is 18.4 Å². The summed E-state index contributed by atoms with van der Waals surface area (Å²) in [5.74, 6) is 0.771. The van der Waals surface area contributed by atoms with E-state index in [-0.39, 0.29) is 25.0 Å². The van der Waals surface area contributed by atoms with Crippen LogP contribution in [0.2, 0.25) is 5.02 Å². The second-order valence-corrected chi connectivity index (χ2v) is 7.37. The fourth-order valence-corrected chi connectivity index (χ4v) is 3.06. The monoisotopic (exact) mass is 432 g/mol. The normalized spacial score (nSPS) is 11.5. The van der Waals surface area contributed by atoms with E-state index in [1.165, 1.54) is 4.90 Å². The molecule has 1 N–H and O–H groups in total. The Balaban J connectivity index is 2.09. The largest absolute Gasteiger partial charge is 0.497 e. The van der Waals surface area contributed by atoms with Crippen LogP contribution in [-0.2, 0) is 16.1 Å². The van der Waals surface area contributed by atoms with E-state index in [9.17, 15) is 9.59 Å². The van der Waals surface area contributed by atoms with Crippen molar-refractivity contribution in [3.05, 3.63) is 59.1 Å². The van der Waals surface area contributed by atoms with E-state index in [0.29, 0.717) is 23.1 Å². The van der Waals surface area contributed by atoms with Gasteiger partial charge < -0.3 is 19.7 Å². The minimum Gasteiger partial charge on any atom is -0.497 e. The van der Waals surface area contributed by atoms with Crippen LogP contribution in [0.5, 0.6) is 11.5 Å². The number of hydrogen-bond acceptors (Lipinski definition) is 4. The lowest BCUT2D eigenvalue weighted by molar-refractivity contribution is -0.142. The number of methoxy groups -OCH3 is 1. The highest BCUT2D eigenvalue weighted by Crippen LogP contribution is 2.18. The Labute approximate surface area is 183 Å². The molecule has 0 fully saturated rings. The molecule has 0 bridgehead atoms. The van der Waals surface area contributed by atoms with Crippen LogP contribution < -0.4 is 14.8 Å². The van der Waals surface area contributed by atoms with Crippen molar-refractivity contribution in [1.29, 1.82) is 0 Å². The first-order valence-corrected chi connectivity index (χ1v) is 10.4. The van der Waals surface area contributed by atoms with Gasteiger partial charge in [0, 0.05) is 18.1 Å². The molecular weight excluding hydrogens is 404 g/mol. The fourth-order valence-electron chi connectivity index (χ4n) is 2.85. The zero-order chi connectivity index (χ0) is 21.9. The maximum atomic E-state index is 13.0. The molecule has 0 spiro atoms. The Morgan fingerprint density at radius 2 is 1.83 bits per heavy atom. The average molecular weight is 433 g/mol. The van der Waals surface area contributed by atoms with Gasteiger partial charge in [-0.1, -0.05) is 37.1 Å². The van der Waals surface area contributed by atoms with Gasteiger partial charge in [0.25, 0.3) is 5.91 Å². The maximum Gasteiger partial charge on any atom is 0.261 e. The molecule has 2 aromatic carbocycles. The van der Waals surface area contributed by atoms with Gasteiger partial charge in [0.1, 0.15) is 17.5 Å². The lowest BCUT2D eigenvalue weighted by atomic mass is 10.1. The van der Waals surface area contributed by atoms with Crippen LogP contribution in [0.4, 0.5) is 0 Å². The molecule has 0 aromatic heterocycles. The number of unbranched alkanes of at least 4 members (excludes halogenated alkanes) is 1. The van der Waals surface area contributed by atoms with Gasteiger partial charge in [-0.3, -0.25) is 9.59 Å². The first-order valence-electron chi connectivity index (χ1n) is 10.0. The number of ether oxygens (including phenoxy) is 2. The van der Waals surface area contributed by atoms with Gasteiger partial charge in [-0.2, -0.15) is 0 Å². The first-order chi connectivity index (χ1) is 14.4. The highest BCUT2D eigenvalue weighted by molar-refractivity contribution is 6.30. The topological polar surface area (TPSA) is 67.9 Å². The highest BCUT2D eigenvalue weighted by Gasteiger charge is 2.26. The van der Waals surface area contributed by atoms with Crippen LogP contribution in [0.15, 0.2) is 48.5 Å². The summed E-state index contributed by atoms with van der Waals surface area (Å²) in [4.78, 5) is 27.1. The zero-order valence-corrected chi connectivity index (χ0v) is 18.4. The Morgan fingerprint density at radius 1 is 1.13 bits per heavy atom. The zero-order valence-electron chi connectivity index (χ0n) is 17.7. The van der Waals surface area contributed by atoms with E-state index >= 15 is 0 Å². The van der Waals surface area contributed by atoms with Gasteiger partial charge in [-0.25, -0.2) is 0 Å². The van der Waals surface area contributed by atoms with Gasteiger partial charge in [-0.15, -0.1) is 0 Å². The predicted octanol–water partition coefficient (Wildman–Crippen LogP) is 4.06. The molecule has 0 radical (unpaired) electrons. The van der Waals surface area contributed by atoms with Crippen molar-refractivity contribution in [2.24, 2.45) is 0 Å². The Kier molecular flexibility index (Phi) is 9.48. The number of nitrogens with one attached hydrogen (secondary N) is 1. The molecule has 30 heavy (non-hydrogen) atoms. The third-order valence-corrected chi connectivity index (χ3v) is 4.90. The number of amides is 2. The van der Waals surface area contributed by atoms with E-state index in [4.69, 9.17) is 21.1 Å². The van der Waals surface area contributed by atoms with E-state index < -0.39 is 6.04 Å². The summed E-state index contributed by atoms with van der Waals surface area (Å²) in [7, 11) is 1.58. The number of benzene rings is 2. The molecule has 0 saturated carbocycles. The Morgan fingerprint density at radius 3 is 2.47 bits per heavy atom. The molecule has 2 aromatic rings. The molecule has 0 aliphatic heterocycles. The predicted molar refractivity (Wildman–Crippen MR) is 118 cm³/mol. The molecule has 0 unspecified atom stereocenters. The molecule has 1 atom stereocenters. The molecule has 2 amide bonds. The molecular formula is C23H29ClN2O4. The van der Waals surface area contributed by atoms with Gasteiger partial charge >= 0.3 is 0 Å². The fraction of sp³-hybridized carbons (Fsp3) is 0.391. The summed E-state index contributed by atoms with van der Waals surface area (Å²) in [6, 6.07) is 13.6. The third kappa shape index (κ3) is 7.26. The maximum absolute atomic E-state index is 13.0.